The molecule has 1 heterocycles. The monoisotopic (exact) mass is 289 g/mol. The van der Waals surface area contributed by atoms with Crippen molar-refractivity contribution in [2.24, 2.45) is 0 Å². The van der Waals surface area contributed by atoms with Gasteiger partial charge in [0.05, 0.1) is 17.2 Å². The summed E-state index contributed by atoms with van der Waals surface area (Å²) in [5.74, 6) is -0.0395. The standard InChI is InChI=1S/C15H19N3OS/c1-11-18-13(10-20-11)9-17-15(19)14-6-4-3-5-12(14)7-8-16-2/h3-6,10,16H,7-9H2,1-2H3,(H,17,19). The van der Waals surface area contributed by atoms with Gasteiger partial charge in [0.25, 0.3) is 5.91 Å². The van der Waals surface area contributed by atoms with E-state index in [9.17, 15) is 4.79 Å². The van der Waals surface area contributed by atoms with Gasteiger partial charge < -0.3 is 10.6 Å². The van der Waals surface area contributed by atoms with E-state index in [4.69, 9.17) is 0 Å². The summed E-state index contributed by atoms with van der Waals surface area (Å²) >= 11 is 1.60. The molecule has 2 aromatic rings. The summed E-state index contributed by atoms with van der Waals surface area (Å²) in [7, 11) is 1.91. The average Bonchev–Trinajstić information content (AvgIpc) is 2.88. The molecule has 0 fully saturated rings. The topological polar surface area (TPSA) is 54.0 Å². The molecule has 20 heavy (non-hydrogen) atoms. The third-order valence-electron chi connectivity index (χ3n) is 3.00. The van der Waals surface area contributed by atoms with Crippen molar-refractivity contribution < 1.29 is 4.79 Å². The van der Waals surface area contributed by atoms with E-state index in [1.165, 1.54) is 0 Å². The molecule has 2 N–H and O–H groups in total. The van der Waals surface area contributed by atoms with E-state index in [-0.39, 0.29) is 5.91 Å². The van der Waals surface area contributed by atoms with Gasteiger partial charge in [0, 0.05) is 10.9 Å². The van der Waals surface area contributed by atoms with Crippen LogP contribution in [0.5, 0.6) is 0 Å². The molecule has 106 valence electrons. The molecule has 0 aliphatic rings. The number of amides is 1. The van der Waals surface area contributed by atoms with E-state index in [1.807, 2.05) is 43.6 Å². The van der Waals surface area contributed by atoms with Crippen LogP contribution in [0.2, 0.25) is 0 Å². The van der Waals surface area contributed by atoms with Crippen molar-refractivity contribution >= 4 is 17.2 Å². The molecule has 4 nitrogen and oxygen atoms in total. The molecule has 0 saturated carbocycles. The zero-order valence-electron chi connectivity index (χ0n) is 11.8. The first-order chi connectivity index (χ1) is 9.70. The van der Waals surface area contributed by atoms with Crippen LogP contribution in [0.3, 0.4) is 0 Å². The van der Waals surface area contributed by atoms with Crippen LogP contribution in [0, 0.1) is 6.92 Å². The number of aromatic nitrogens is 1. The quantitative estimate of drug-likeness (QED) is 0.856. The highest BCUT2D eigenvalue weighted by Crippen LogP contribution is 2.11. The summed E-state index contributed by atoms with van der Waals surface area (Å²) in [6, 6.07) is 7.72. The molecule has 5 heteroatoms. The first kappa shape index (κ1) is 14.7. The summed E-state index contributed by atoms with van der Waals surface area (Å²) in [6.45, 7) is 3.29. The Labute approximate surface area is 123 Å². The molecule has 0 bridgehead atoms. The van der Waals surface area contributed by atoms with Crippen LogP contribution in [0.15, 0.2) is 29.6 Å². The van der Waals surface area contributed by atoms with Crippen LogP contribution in [0.25, 0.3) is 0 Å². The lowest BCUT2D eigenvalue weighted by molar-refractivity contribution is 0.0949. The van der Waals surface area contributed by atoms with Gasteiger partial charge in [0.2, 0.25) is 0 Å². The minimum atomic E-state index is -0.0395. The van der Waals surface area contributed by atoms with Crippen molar-refractivity contribution in [3.05, 3.63) is 51.5 Å². The molecule has 0 atom stereocenters. The highest BCUT2D eigenvalue weighted by atomic mass is 32.1. The van der Waals surface area contributed by atoms with Crippen LogP contribution >= 0.6 is 11.3 Å². The van der Waals surface area contributed by atoms with Gasteiger partial charge in [0.1, 0.15) is 0 Å². The molecule has 0 unspecified atom stereocenters. The van der Waals surface area contributed by atoms with Crippen LogP contribution in [-0.2, 0) is 13.0 Å². The summed E-state index contributed by atoms with van der Waals surface area (Å²) in [4.78, 5) is 16.6. The van der Waals surface area contributed by atoms with Crippen molar-refractivity contribution in [3.8, 4) is 0 Å². The van der Waals surface area contributed by atoms with Crippen molar-refractivity contribution in [1.82, 2.24) is 15.6 Å². The fourth-order valence-corrected chi connectivity index (χ4v) is 2.59. The molecule has 0 aliphatic heterocycles. The third kappa shape index (κ3) is 3.88. The fourth-order valence-electron chi connectivity index (χ4n) is 1.97. The number of hydrogen-bond acceptors (Lipinski definition) is 4. The Morgan fingerprint density at radius 3 is 2.85 bits per heavy atom. The van der Waals surface area contributed by atoms with Crippen LogP contribution in [0.4, 0.5) is 0 Å². The predicted octanol–water partition coefficient (Wildman–Crippen LogP) is 2.14. The van der Waals surface area contributed by atoms with Crippen molar-refractivity contribution in [3.63, 3.8) is 0 Å². The number of carbonyl (C=O) groups excluding carboxylic acids is 1. The highest BCUT2D eigenvalue weighted by Gasteiger charge is 2.10. The summed E-state index contributed by atoms with van der Waals surface area (Å²) in [5, 5.41) is 9.02. The minimum Gasteiger partial charge on any atom is -0.346 e. The number of nitrogens with one attached hydrogen (secondary N) is 2. The van der Waals surface area contributed by atoms with Gasteiger partial charge in [-0.2, -0.15) is 0 Å². The Hall–Kier alpha value is -1.72. The zero-order valence-corrected chi connectivity index (χ0v) is 12.6. The van der Waals surface area contributed by atoms with Gasteiger partial charge in [0.15, 0.2) is 0 Å². The van der Waals surface area contributed by atoms with E-state index < -0.39 is 0 Å². The van der Waals surface area contributed by atoms with Crippen LogP contribution < -0.4 is 10.6 Å². The Morgan fingerprint density at radius 2 is 2.15 bits per heavy atom. The summed E-state index contributed by atoms with van der Waals surface area (Å²) in [5.41, 5.74) is 2.72. The lowest BCUT2D eigenvalue weighted by atomic mass is 10.0. The molecule has 1 amide bonds. The molecule has 1 aromatic heterocycles. The van der Waals surface area contributed by atoms with Crippen molar-refractivity contribution in [2.45, 2.75) is 19.9 Å². The first-order valence-electron chi connectivity index (χ1n) is 6.62. The van der Waals surface area contributed by atoms with E-state index in [1.54, 1.807) is 11.3 Å². The Bertz CT molecular complexity index is 580. The van der Waals surface area contributed by atoms with E-state index in [0.29, 0.717) is 6.54 Å². The maximum Gasteiger partial charge on any atom is 0.251 e. The Balaban J connectivity index is 2.01. The van der Waals surface area contributed by atoms with E-state index >= 15 is 0 Å². The molecular weight excluding hydrogens is 270 g/mol. The number of thiazole rings is 1. The van der Waals surface area contributed by atoms with Gasteiger partial charge in [-0.3, -0.25) is 4.79 Å². The number of rotatable bonds is 6. The molecule has 2 rings (SSSR count). The number of carbonyl (C=O) groups is 1. The van der Waals surface area contributed by atoms with E-state index in [0.717, 1.165) is 34.8 Å². The third-order valence-corrected chi connectivity index (χ3v) is 3.83. The molecule has 0 spiro atoms. The maximum atomic E-state index is 12.3. The zero-order chi connectivity index (χ0) is 14.4. The number of benzene rings is 1. The van der Waals surface area contributed by atoms with Gasteiger partial charge in [-0.25, -0.2) is 4.98 Å². The number of hydrogen-bond donors (Lipinski definition) is 2. The predicted molar refractivity (Wildman–Crippen MR) is 82.1 cm³/mol. The lowest BCUT2D eigenvalue weighted by Crippen LogP contribution is -2.24. The highest BCUT2D eigenvalue weighted by molar-refractivity contribution is 7.09. The van der Waals surface area contributed by atoms with Gasteiger partial charge in [-0.15, -0.1) is 11.3 Å². The normalized spacial score (nSPS) is 10.5. The van der Waals surface area contributed by atoms with E-state index in [2.05, 4.69) is 15.6 Å². The van der Waals surface area contributed by atoms with Gasteiger partial charge in [-0.1, -0.05) is 18.2 Å². The molecule has 0 radical (unpaired) electrons. The first-order valence-corrected chi connectivity index (χ1v) is 7.50. The fraction of sp³-hybridized carbons (Fsp3) is 0.333. The second kappa shape index (κ2) is 7.17. The van der Waals surface area contributed by atoms with Gasteiger partial charge >= 0.3 is 0 Å². The van der Waals surface area contributed by atoms with Crippen molar-refractivity contribution in [2.75, 3.05) is 13.6 Å². The smallest absolute Gasteiger partial charge is 0.251 e. The summed E-state index contributed by atoms with van der Waals surface area (Å²) in [6.07, 6.45) is 0.843. The Kier molecular flexibility index (Phi) is 5.26. The van der Waals surface area contributed by atoms with Crippen LogP contribution in [-0.4, -0.2) is 24.5 Å². The molecule has 1 aromatic carbocycles. The Morgan fingerprint density at radius 1 is 1.35 bits per heavy atom. The second-order valence-electron chi connectivity index (χ2n) is 4.55. The summed E-state index contributed by atoms with van der Waals surface area (Å²) < 4.78 is 0. The molecule has 0 saturated heterocycles. The second-order valence-corrected chi connectivity index (χ2v) is 5.61. The number of nitrogens with zero attached hydrogens (tertiary/aromatic N) is 1. The minimum absolute atomic E-state index is 0.0395. The molecule has 0 aliphatic carbocycles. The largest absolute Gasteiger partial charge is 0.346 e. The van der Waals surface area contributed by atoms with Gasteiger partial charge in [-0.05, 0) is 38.6 Å². The van der Waals surface area contributed by atoms with Crippen molar-refractivity contribution in [1.29, 1.82) is 0 Å². The lowest BCUT2D eigenvalue weighted by Gasteiger charge is -2.09. The number of likely N-dealkylation sites (N-methyl/N-ethyl adjacent to an activating group) is 1. The maximum absolute atomic E-state index is 12.3. The molecular formula is C15H19N3OS. The number of aryl methyl sites for hydroxylation is 1. The van der Waals surface area contributed by atoms with Crippen LogP contribution in [0.1, 0.15) is 26.6 Å². The average molecular weight is 289 g/mol. The SMILES string of the molecule is CNCCc1ccccc1C(=O)NCc1csc(C)n1.